The molecule has 0 aliphatic rings. The number of hydrogen-bond acceptors (Lipinski definition) is 6. The molecule has 8 nitrogen and oxygen atoms in total. The maximum absolute atomic E-state index is 8.63. The molecule has 0 aliphatic carbocycles. The van der Waals surface area contributed by atoms with Crippen molar-refractivity contribution in [3.63, 3.8) is 0 Å². The van der Waals surface area contributed by atoms with E-state index in [1.807, 2.05) is 0 Å². The first-order valence-corrected chi connectivity index (χ1v) is 4.10. The van der Waals surface area contributed by atoms with E-state index in [-0.39, 0.29) is 31.0 Å². The van der Waals surface area contributed by atoms with Crippen LogP contribution in [0.5, 0.6) is 0 Å². The molecule has 0 unspecified atom stereocenters. The maximum atomic E-state index is 8.63. The molecule has 0 spiro atoms. The van der Waals surface area contributed by atoms with Crippen LogP contribution in [0.15, 0.2) is 0 Å². The van der Waals surface area contributed by atoms with Gasteiger partial charge in [0, 0.05) is 0 Å². The van der Waals surface area contributed by atoms with Gasteiger partial charge in [0.2, 0.25) is 20.8 Å². The first-order valence-electron chi connectivity index (χ1n) is 1.37. The van der Waals surface area contributed by atoms with E-state index in [4.69, 9.17) is 35.0 Å². The van der Waals surface area contributed by atoms with Gasteiger partial charge < -0.3 is 9.11 Å². The molecule has 0 aromatic heterocycles. The van der Waals surface area contributed by atoms with Gasteiger partial charge in [0.25, 0.3) is 0 Å². The quantitative estimate of drug-likeness (QED) is 0.233. The Morgan fingerprint density at radius 2 is 0.909 bits per heavy atom. The molecule has 0 aromatic carbocycles. The fourth-order valence-electron chi connectivity index (χ4n) is 0. The normalized spacial score (nSPS) is 10.5. The van der Waals surface area contributed by atoms with E-state index in [9.17, 15) is 0 Å². The molecule has 0 rings (SSSR count). The predicted molar refractivity (Wildman–Crippen MR) is 25.8 cm³/mol. The fraction of sp³-hybridized carbons (Fsp3) is 0. The standard InChI is InChI=1S/Na.2H2O4S/c;2*1-5(2,3)4/h;2*(H2,1,2,3,4)/q+1;;/p-1. The Bertz CT molecular complexity index is 213. The Kier molecular flexibility index (Phi) is 10.1. The molecule has 0 amide bonds. The molecule has 0 saturated heterocycles. The molecule has 64 valence electrons. The molecule has 0 aromatic rings. The third-order valence-corrected chi connectivity index (χ3v) is 0. The Morgan fingerprint density at radius 3 is 0.909 bits per heavy atom. The molecule has 0 fully saturated rings. The average molecular weight is 218 g/mol. The number of hydrogen-bond donors (Lipinski definition) is 2. The predicted octanol–water partition coefficient (Wildman–Crippen LogP) is -4.87. The zero-order chi connectivity index (χ0) is 9.00. The third-order valence-electron chi connectivity index (χ3n) is 0. The van der Waals surface area contributed by atoms with Crippen LogP contribution in [-0.2, 0) is 20.8 Å². The molecule has 0 saturated carbocycles. The molecular weight excluding hydrogens is 215 g/mol. The van der Waals surface area contributed by atoms with Crippen molar-refractivity contribution in [1.29, 1.82) is 0 Å². The number of rotatable bonds is 0. The van der Waals surface area contributed by atoms with Crippen molar-refractivity contribution in [2.45, 2.75) is 0 Å². The van der Waals surface area contributed by atoms with Gasteiger partial charge >= 0.3 is 31.0 Å². The van der Waals surface area contributed by atoms with Crippen molar-refractivity contribution < 1.29 is 66.0 Å². The second-order valence-electron chi connectivity index (χ2n) is 0.855. The van der Waals surface area contributed by atoms with Crippen LogP contribution in [-0.4, -0.2) is 35.0 Å². The van der Waals surface area contributed by atoms with Gasteiger partial charge in [0.1, 0.15) is 0 Å². The van der Waals surface area contributed by atoms with E-state index in [1.54, 1.807) is 0 Å². The molecule has 0 radical (unpaired) electrons. The van der Waals surface area contributed by atoms with E-state index in [0.717, 1.165) is 0 Å². The van der Waals surface area contributed by atoms with Crippen LogP contribution in [0.1, 0.15) is 1.43 Å². The van der Waals surface area contributed by atoms with E-state index < -0.39 is 20.8 Å². The van der Waals surface area contributed by atoms with Crippen LogP contribution < -0.4 is 29.6 Å². The van der Waals surface area contributed by atoms with Crippen LogP contribution >= 0.6 is 0 Å². The van der Waals surface area contributed by atoms with Gasteiger partial charge in [-0.15, -0.1) is 0 Å². The molecule has 11 heavy (non-hydrogen) atoms. The first-order chi connectivity index (χ1) is 4.00. The molecule has 2 N–H and O–H groups in total. The van der Waals surface area contributed by atoms with Crippen molar-refractivity contribution in [2.24, 2.45) is 0 Å². The van der Waals surface area contributed by atoms with Gasteiger partial charge in [-0.05, 0) is 0 Å². The van der Waals surface area contributed by atoms with Crippen molar-refractivity contribution in [3.05, 3.63) is 0 Å². The van der Waals surface area contributed by atoms with Gasteiger partial charge in [-0.25, -0.2) is 16.8 Å². The zero-order valence-corrected chi connectivity index (χ0v) is 8.79. The topological polar surface area (TPSA) is 155 Å². The summed E-state index contributed by atoms with van der Waals surface area (Å²) < 4.78 is 65.7. The molecule has 11 heteroatoms. The van der Waals surface area contributed by atoms with Crippen molar-refractivity contribution in [1.82, 2.24) is 0 Å². The largest absolute Gasteiger partial charge is 1.00 e. The Morgan fingerprint density at radius 1 is 0.909 bits per heavy atom. The van der Waals surface area contributed by atoms with Crippen LogP contribution in [0.2, 0.25) is 0 Å². The summed E-state index contributed by atoms with van der Waals surface area (Å²) in [6, 6.07) is 0. The van der Waals surface area contributed by atoms with Crippen LogP contribution in [0.4, 0.5) is 0 Å². The summed E-state index contributed by atoms with van der Waals surface area (Å²) in [4.78, 5) is 0. The minimum Gasteiger partial charge on any atom is -0.726 e. The summed E-state index contributed by atoms with van der Waals surface area (Å²) in [6.07, 6.45) is 0. The van der Waals surface area contributed by atoms with Crippen molar-refractivity contribution in [3.8, 4) is 0 Å². The van der Waals surface area contributed by atoms with E-state index in [1.165, 1.54) is 0 Å². The van der Waals surface area contributed by atoms with Crippen molar-refractivity contribution in [2.75, 3.05) is 0 Å². The van der Waals surface area contributed by atoms with Crippen LogP contribution in [0.25, 0.3) is 0 Å². The Labute approximate surface area is 86.5 Å². The Hall–Kier alpha value is 0.740. The van der Waals surface area contributed by atoms with Crippen LogP contribution in [0.3, 0.4) is 0 Å². The minimum absolute atomic E-state index is 0. The second kappa shape index (κ2) is 6.28. The van der Waals surface area contributed by atoms with Gasteiger partial charge in [0.05, 0.1) is 0 Å². The van der Waals surface area contributed by atoms with Gasteiger partial charge in [-0.3, -0.25) is 9.11 Å². The summed E-state index contributed by atoms with van der Waals surface area (Å²) in [6.45, 7) is 0. The van der Waals surface area contributed by atoms with Gasteiger partial charge in [-0.2, -0.15) is 0 Å². The summed E-state index contributed by atoms with van der Waals surface area (Å²) in [5.41, 5.74) is 0. The molecular formula is H3NaO8S2. The maximum Gasteiger partial charge on any atom is 1.00 e. The summed E-state index contributed by atoms with van der Waals surface area (Å²) >= 11 is 0. The second-order valence-corrected chi connectivity index (χ2v) is 2.57. The zero-order valence-electron chi connectivity index (χ0n) is 6.16. The smallest absolute Gasteiger partial charge is 0.726 e. The molecule has 0 atom stereocenters. The Balaban J connectivity index is -0.0000000457. The van der Waals surface area contributed by atoms with Crippen LogP contribution in [0, 0.1) is 0 Å². The summed E-state index contributed by atoms with van der Waals surface area (Å²) in [5, 5.41) is 0. The van der Waals surface area contributed by atoms with Gasteiger partial charge in [0.15, 0.2) is 0 Å². The summed E-state index contributed by atoms with van der Waals surface area (Å²) in [5.74, 6) is 0. The molecule has 0 bridgehead atoms. The minimum atomic E-state index is -4.92. The van der Waals surface area contributed by atoms with E-state index in [0.29, 0.717) is 0 Å². The van der Waals surface area contributed by atoms with E-state index in [2.05, 4.69) is 0 Å². The third kappa shape index (κ3) is 1500. The molecule has 0 heterocycles. The van der Waals surface area contributed by atoms with E-state index >= 15 is 0 Å². The van der Waals surface area contributed by atoms with Crippen molar-refractivity contribution >= 4 is 20.8 Å². The fourth-order valence-corrected chi connectivity index (χ4v) is 0. The monoisotopic (exact) mass is 218 g/mol. The average Bonchev–Trinajstić information content (AvgIpc) is 1.12. The van der Waals surface area contributed by atoms with Gasteiger partial charge in [-0.1, -0.05) is 0 Å². The molecule has 0 aliphatic heterocycles. The summed E-state index contributed by atoms with van der Waals surface area (Å²) in [7, 11) is -9.83. The SMILES string of the molecule is O=S(=O)([O-])O.O=S(=O)([O-])O.[H+].[Na+]. The first kappa shape index (κ1) is 17.7.